The molecule has 1 aromatic heterocycles. The van der Waals surface area contributed by atoms with Crippen LogP contribution in [-0.2, 0) is 6.61 Å². The van der Waals surface area contributed by atoms with Crippen LogP contribution in [0.25, 0.3) is 11.5 Å². The van der Waals surface area contributed by atoms with Gasteiger partial charge in [0.15, 0.2) is 18.1 Å². The lowest BCUT2D eigenvalue weighted by Crippen LogP contribution is -2.00. The number of aldehydes is 1. The maximum atomic E-state index is 10.8. The third-order valence-corrected chi connectivity index (χ3v) is 3.49. The fraction of sp³-hybridized carbons (Fsp3) is 0.167. The van der Waals surface area contributed by atoms with E-state index in [0.29, 0.717) is 28.8 Å². The molecule has 7 heteroatoms. The van der Waals surface area contributed by atoms with Crippen molar-refractivity contribution in [2.45, 2.75) is 6.61 Å². The summed E-state index contributed by atoms with van der Waals surface area (Å²) in [6, 6.07) is 12.2. The van der Waals surface area contributed by atoms with E-state index in [1.54, 1.807) is 25.3 Å². The molecule has 3 rings (SSSR count). The Bertz CT molecular complexity index is 858. The molecule has 0 radical (unpaired) electrons. The minimum atomic E-state index is 0.108. The molecular weight excluding hydrogens is 324 g/mol. The summed E-state index contributed by atoms with van der Waals surface area (Å²) in [5.74, 6) is 2.49. The van der Waals surface area contributed by atoms with Crippen LogP contribution in [0.2, 0.25) is 0 Å². The number of ether oxygens (including phenoxy) is 3. The molecule has 0 atom stereocenters. The number of carbonyl (C=O) groups is 1. The zero-order chi connectivity index (χ0) is 17.6. The lowest BCUT2D eigenvalue weighted by atomic mass is 10.2. The number of benzene rings is 2. The largest absolute Gasteiger partial charge is 0.497 e. The van der Waals surface area contributed by atoms with Crippen molar-refractivity contribution in [3.63, 3.8) is 0 Å². The van der Waals surface area contributed by atoms with Crippen LogP contribution >= 0.6 is 0 Å². The summed E-state index contributed by atoms with van der Waals surface area (Å²) in [5.41, 5.74) is 1.29. The van der Waals surface area contributed by atoms with Gasteiger partial charge in [-0.25, -0.2) is 0 Å². The van der Waals surface area contributed by atoms with Crippen molar-refractivity contribution >= 4 is 6.29 Å². The first-order chi connectivity index (χ1) is 12.2. The van der Waals surface area contributed by atoms with E-state index >= 15 is 0 Å². The van der Waals surface area contributed by atoms with Gasteiger partial charge in [0.25, 0.3) is 5.89 Å². The molecule has 2 aromatic carbocycles. The predicted molar refractivity (Wildman–Crippen MR) is 89.0 cm³/mol. The monoisotopic (exact) mass is 340 g/mol. The number of aromatic nitrogens is 2. The van der Waals surface area contributed by atoms with Gasteiger partial charge in [0.05, 0.1) is 14.2 Å². The molecule has 0 aliphatic carbocycles. The summed E-state index contributed by atoms with van der Waals surface area (Å²) in [7, 11) is 3.11. The standard InChI is InChI=1S/C18H16N2O5/c1-22-14-6-4-13(5-7-14)18-19-17(20-25-18)11-24-15-8-3-12(10-21)9-16(15)23-2/h3-10H,11H2,1-2H3. The topological polar surface area (TPSA) is 83.7 Å². The molecule has 7 nitrogen and oxygen atoms in total. The normalized spacial score (nSPS) is 10.3. The molecular formula is C18H16N2O5. The van der Waals surface area contributed by atoms with Gasteiger partial charge in [-0.15, -0.1) is 0 Å². The van der Waals surface area contributed by atoms with Gasteiger partial charge in [-0.2, -0.15) is 4.98 Å². The van der Waals surface area contributed by atoms with Crippen LogP contribution in [0.1, 0.15) is 16.2 Å². The Morgan fingerprint density at radius 2 is 1.84 bits per heavy atom. The van der Waals surface area contributed by atoms with Crippen LogP contribution in [-0.4, -0.2) is 30.6 Å². The molecule has 0 amide bonds. The molecule has 0 bridgehead atoms. The Balaban J connectivity index is 1.70. The van der Waals surface area contributed by atoms with Crippen LogP contribution < -0.4 is 14.2 Å². The van der Waals surface area contributed by atoms with Gasteiger partial charge in [-0.3, -0.25) is 4.79 Å². The highest BCUT2D eigenvalue weighted by atomic mass is 16.5. The van der Waals surface area contributed by atoms with Crippen LogP contribution in [0.15, 0.2) is 47.0 Å². The number of nitrogens with zero attached hydrogens (tertiary/aromatic N) is 2. The second-order valence-corrected chi connectivity index (χ2v) is 5.06. The first kappa shape index (κ1) is 16.5. The molecule has 0 saturated carbocycles. The fourth-order valence-corrected chi connectivity index (χ4v) is 2.18. The lowest BCUT2D eigenvalue weighted by molar-refractivity contribution is 0.112. The first-order valence-corrected chi connectivity index (χ1v) is 7.46. The Morgan fingerprint density at radius 1 is 1.04 bits per heavy atom. The quantitative estimate of drug-likeness (QED) is 0.611. The summed E-state index contributed by atoms with van der Waals surface area (Å²) in [5, 5.41) is 3.90. The molecule has 0 aliphatic heterocycles. The van der Waals surface area contributed by atoms with E-state index < -0.39 is 0 Å². The van der Waals surface area contributed by atoms with Crippen molar-refractivity contribution in [3.05, 3.63) is 53.9 Å². The summed E-state index contributed by atoms with van der Waals surface area (Å²) >= 11 is 0. The van der Waals surface area contributed by atoms with Crippen molar-refractivity contribution < 1.29 is 23.5 Å². The highest BCUT2D eigenvalue weighted by molar-refractivity contribution is 5.76. The van der Waals surface area contributed by atoms with Crippen LogP contribution in [0.3, 0.4) is 0 Å². The van der Waals surface area contributed by atoms with Gasteiger partial charge < -0.3 is 18.7 Å². The molecule has 128 valence electrons. The molecule has 3 aromatic rings. The smallest absolute Gasteiger partial charge is 0.258 e. The third kappa shape index (κ3) is 3.77. The minimum absolute atomic E-state index is 0.108. The maximum Gasteiger partial charge on any atom is 0.258 e. The Hall–Kier alpha value is -3.35. The maximum absolute atomic E-state index is 10.8. The highest BCUT2D eigenvalue weighted by Gasteiger charge is 2.11. The van der Waals surface area contributed by atoms with Crippen molar-refractivity contribution in [1.29, 1.82) is 0 Å². The van der Waals surface area contributed by atoms with Crippen LogP contribution in [0.4, 0.5) is 0 Å². The van der Waals surface area contributed by atoms with Gasteiger partial charge in [0.1, 0.15) is 12.0 Å². The van der Waals surface area contributed by atoms with Crippen LogP contribution in [0.5, 0.6) is 17.2 Å². The highest BCUT2D eigenvalue weighted by Crippen LogP contribution is 2.28. The van der Waals surface area contributed by atoms with E-state index in [1.165, 1.54) is 7.11 Å². The average Bonchev–Trinajstić information content (AvgIpc) is 3.15. The predicted octanol–water partition coefficient (Wildman–Crippen LogP) is 3.15. The lowest BCUT2D eigenvalue weighted by Gasteiger charge is -2.09. The second-order valence-electron chi connectivity index (χ2n) is 5.06. The molecule has 0 saturated heterocycles. The van der Waals surface area contributed by atoms with E-state index in [2.05, 4.69) is 10.1 Å². The fourth-order valence-electron chi connectivity index (χ4n) is 2.18. The second kappa shape index (κ2) is 7.48. The van der Waals surface area contributed by atoms with E-state index in [-0.39, 0.29) is 6.61 Å². The molecule has 0 aliphatic rings. The van der Waals surface area contributed by atoms with E-state index in [4.69, 9.17) is 18.7 Å². The molecule has 0 N–H and O–H groups in total. The summed E-state index contributed by atoms with van der Waals surface area (Å²) in [4.78, 5) is 15.1. The van der Waals surface area contributed by atoms with Crippen molar-refractivity contribution in [3.8, 4) is 28.7 Å². The zero-order valence-corrected chi connectivity index (χ0v) is 13.8. The summed E-state index contributed by atoms with van der Waals surface area (Å²) in [6.07, 6.45) is 0.743. The average molecular weight is 340 g/mol. The SMILES string of the molecule is COc1ccc(-c2nc(COc3ccc(C=O)cc3OC)no2)cc1. The Labute approximate surface area is 144 Å². The van der Waals surface area contributed by atoms with Crippen molar-refractivity contribution in [1.82, 2.24) is 10.1 Å². The molecule has 25 heavy (non-hydrogen) atoms. The Kier molecular flexibility index (Phi) is 4.94. The zero-order valence-electron chi connectivity index (χ0n) is 13.8. The number of hydrogen-bond acceptors (Lipinski definition) is 7. The molecule has 0 unspecified atom stereocenters. The number of carbonyl (C=O) groups excluding carboxylic acids is 1. The number of rotatable bonds is 7. The third-order valence-electron chi connectivity index (χ3n) is 3.49. The molecule has 1 heterocycles. The van der Waals surface area contributed by atoms with Crippen molar-refractivity contribution in [2.75, 3.05) is 14.2 Å². The van der Waals surface area contributed by atoms with E-state index in [9.17, 15) is 4.79 Å². The Morgan fingerprint density at radius 3 is 2.52 bits per heavy atom. The summed E-state index contributed by atoms with van der Waals surface area (Å²) in [6.45, 7) is 0.108. The van der Waals surface area contributed by atoms with E-state index in [0.717, 1.165) is 17.6 Å². The van der Waals surface area contributed by atoms with Crippen LogP contribution in [0, 0.1) is 0 Å². The minimum Gasteiger partial charge on any atom is -0.497 e. The van der Waals surface area contributed by atoms with Gasteiger partial charge in [-0.1, -0.05) is 5.16 Å². The molecule has 0 fully saturated rings. The van der Waals surface area contributed by atoms with Crippen molar-refractivity contribution in [2.24, 2.45) is 0 Å². The van der Waals surface area contributed by atoms with Gasteiger partial charge in [0.2, 0.25) is 5.82 Å². The molecule has 0 spiro atoms. The van der Waals surface area contributed by atoms with E-state index in [1.807, 2.05) is 24.3 Å². The summed E-state index contributed by atoms with van der Waals surface area (Å²) < 4.78 is 21.2. The first-order valence-electron chi connectivity index (χ1n) is 7.46. The number of methoxy groups -OCH3 is 2. The van der Waals surface area contributed by atoms with Gasteiger partial charge >= 0.3 is 0 Å². The van der Waals surface area contributed by atoms with Gasteiger partial charge in [0, 0.05) is 11.1 Å². The van der Waals surface area contributed by atoms with Gasteiger partial charge in [-0.05, 0) is 42.5 Å². The number of hydrogen-bond donors (Lipinski definition) is 0.